The summed E-state index contributed by atoms with van der Waals surface area (Å²) >= 11 is 6.02. The second kappa shape index (κ2) is 8.02. The van der Waals surface area contributed by atoms with Gasteiger partial charge in [-0.05, 0) is 39.0 Å². The topological polar surface area (TPSA) is 63.7 Å². The van der Waals surface area contributed by atoms with E-state index in [0.29, 0.717) is 10.6 Å². The van der Waals surface area contributed by atoms with Crippen LogP contribution in [0.1, 0.15) is 40.2 Å². The Morgan fingerprint density at radius 3 is 2.35 bits per heavy atom. The third kappa shape index (κ3) is 5.70. The highest BCUT2D eigenvalue weighted by atomic mass is 35.5. The van der Waals surface area contributed by atoms with Crippen LogP contribution in [-0.4, -0.2) is 31.0 Å². The fraction of sp³-hybridized carbons (Fsp3) is 0.562. The molecule has 0 saturated heterocycles. The van der Waals surface area contributed by atoms with E-state index in [1.807, 2.05) is 27.7 Å². The van der Waals surface area contributed by atoms with Crippen molar-refractivity contribution in [2.24, 2.45) is 5.92 Å². The number of nitrogens with zero attached hydrogens (tertiary/aromatic N) is 1. The van der Waals surface area contributed by atoms with E-state index in [-0.39, 0.29) is 35.9 Å². The Morgan fingerprint density at radius 2 is 1.87 bits per heavy atom. The SMILES string of the molecule is CCS(=O)(=O)Oc1ccc(Cl)cc1CN(C(=O)C(C)C)C(C)C. The lowest BCUT2D eigenvalue weighted by molar-refractivity contribution is -0.136. The van der Waals surface area contributed by atoms with E-state index in [9.17, 15) is 13.2 Å². The molecule has 7 heteroatoms. The van der Waals surface area contributed by atoms with Gasteiger partial charge in [-0.15, -0.1) is 0 Å². The highest BCUT2D eigenvalue weighted by Crippen LogP contribution is 2.27. The van der Waals surface area contributed by atoms with E-state index >= 15 is 0 Å². The van der Waals surface area contributed by atoms with Gasteiger partial charge in [0, 0.05) is 29.1 Å². The summed E-state index contributed by atoms with van der Waals surface area (Å²) in [5.41, 5.74) is 0.567. The molecule has 1 aromatic rings. The van der Waals surface area contributed by atoms with Gasteiger partial charge in [0.1, 0.15) is 5.75 Å². The van der Waals surface area contributed by atoms with E-state index in [0.717, 1.165) is 0 Å². The minimum atomic E-state index is -3.65. The van der Waals surface area contributed by atoms with Gasteiger partial charge in [-0.25, -0.2) is 0 Å². The average Bonchev–Trinajstić information content (AvgIpc) is 2.46. The van der Waals surface area contributed by atoms with Crippen molar-refractivity contribution in [2.75, 3.05) is 5.75 Å². The minimum absolute atomic E-state index is 0.00993. The average molecular weight is 362 g/mol. The normalized spacial score (nSPS) is 11.8. The summed E-state index contributed by atoms with van der Waals surface area (Å²) in [6, 6.07) is 4.68. The Morgan fingerprint density at radius 1 is 1.26 bits per heavy atom. The lowest BCUT2D eigenvalue weighted by atomic mass is 10.1. The van der Waals surface area contributed by atoms with Crippen molar-refractivity contribution in [1.29, 1.82) is 0 Å². The molecule has 0 aliphatic rings. The molecule has 0 unspecified atom stereocenters. The number of carbonyl (C=O) groups excluding carboxylic acids is 1. The second-order valence-electron chi connectivity index (χ2n) is 5.90. The molecule has 0 atom stereocenters. The zero-order valence-electron chi connectivity index (χ0n) is 14.2. The van der Waals surface area contributed by atoms with Gasteiger partial charge < -0.3 is 9.08 Å². The monoisotopic (exact) mass is 361 g/mol. The van der Waals surface area contributed by atoms with Crippen molar-refractivity contribution in [3.05, 3.63) is 28.8 Å². The fourth-order valence-corrected chi connectivity index (χ4v) is 2.73. The first-order chi connectivity index (χ1) is 10.6. The van der Waals surface area contributed by atoms with E-state index < -0.39 is 10.1 Å². The number of hydrogen-bond acceptors (Lipinski definition) is 4. The quantitative estimate of drug-likeness (QED) is 0.697. The maximum Gasteiger partial charge on any atom is 0.308 e. The zero-order valence-corrected chi connectivity index (χ0v) is 15.7. The van der Waals surface area contributed by atoms with Gasteiger partial charge in [0.05, 0.1) is 5.75 Å². The largest absolute Gasteiger partial charge is 0.382 e. The van der Waals surface area contributed by atoms with Crippen LogP contribution in [0.15, 0.2) is 18.2 Å². The summed E-state index contributed by atoms with van der Waals surface area (Å²) in [4.78, 5) is 14.0. The van der Waals surface area contributed by atoms with Gasteiger partial charge in [0.15, 0.2) is 0 Å². The van der Waals surface area contributed by atoms with Crippen molar-refractivity contribution in [3.8, 4) is 5.75 Å². The van der Waals surface area contributed by atoms with Crippen molar-refractivity contribution in [1.82, 2.24) is 4.90 Å². The lowest BCUT2D eigenvalue weighted by Crippen LogP contribution is -2.39. The molecule has 1 aromatic carbocycles. The molecule has 0 bridgehead atoms. The van der Waals surface area contributed by atoms with Crippen molar-refractivity contribution in [3.63, 3.8) is 0 Å². The molecule has 1 amide bonds. The predicted molar refractivity (Wildman–Crippen MR) is 92.1 cm³/mol. The standard InChI is InChI=1S/C16H24ClNO4S/c1-6-23(20,21)22-15-8-7-14(17)9-13(15)10-18(12(4)5)16(19)11(2)3/h7-9,11-12H,6,10H2,1-5H3. The van der Waals surface area contributed by atoms with Crippen molar-refractivity contribution >= 4 is 27.6 Å². The van der Waals surface area contributed by atoms with Crippen molar-refractivity contribution < 1.29 is 17.4 Å². The molecule has 0 aliphatic heterocycles. The summed E-state index contributed by atoms with van der Waals surface area (Å²) < 4.78 is 28.6. The Bertz CT molecular complexity index is 656. The number of benzene rings is 1. The number of rotatable bonds is 7. The number of hydrogen-bond donors (Lipinski definition) is 0. The zero-order chi connectivity index (χ0) is 17.8. The molecule has 130 valence electrons. The smallest absolute Gasteiger partial charge is 0.308 e. The molecule has 1 rings (SSSR count). The second-order valence-corrected chi connectivity index (χ2v) is 8.19. The first-order valence-electron chi connectivity index (χ1n) is 7.58. The number of amides is 1. The van der Waals surface area contributed by atoms with Crippen LogP contribution >= 0.6 is 11.6 Å². The van der Waals surface area contributed by atoms with Gasteiger partial charge in [-0.2, -0.15) is 8.42 Å². The molecular weight excluding hydrogens is 338 g/mol. The summed E-state index contributed by atoms with van der Waals surface area (Å²) in [5.74, 6) is -0.0866. The van der Waals surface area contributed by atoms with Crippen LogP contribution in [0.2, 0.25) is 5.02 Å². The van der Waals surface area contributed by atoms with Crippen LogP contribution in [0, 0.1) is 5.92 Å². The maximum absolute atomic E-state index is 12.4. The summed E-state index contributed by atoms with van der Waals surface area (Å²) in [7, 11) is -3.65. The summed E-state index contributed by atoms with van der Waals surface area (Å²) in [5, 5.41) is 0.460. The van der Waals surface area contributed by atoms with Gasteiger partial charge in [-0.1, -0.05) is 25.4 Å². The van der Waals surface area contributed by atoms with E-state index in [2.05, 4.69) is 0 Å². The van der Waals surface area contributed by atoms with Crippen LogP contribution in [-0.2, 0) is 21.5 Å². The molecule has 0 radical (unpaired) electrons. The lowest BCUT2D eigenvalue weighted by Gasteiger charge is -2.29. The van der Waals surface area contributed by atoms with Crippen LogP contribution in [0.4, 0.5) is 0 Å². The Balaban J connectivity index is 3.19. The van der Waals surface area contributed by atoms with E-state index in [1.165, 1.54) is 13.0 Å². The minimum Gasteiger partial charge on any atom is -0.382 e. The Hall–Kier alpha value is -1.27. The van der Waals surface area contributed by atoms with Gasteiger partial charge in [0.25, 0.3) is 0 Å². The first-order valence-corrected chi connectivity index (χ1v) is 9.54. The van der Waals surface area contributed by atoms with Gasteiger partial charge in [-0.3, -0.25) is 4.79 Å². The van der Waals surface area contributed by atoms with Crippen LogP contribution in [0.25, 0.3) is 0 Å². The maximum atomic E-state index is 12.4. The molecule has 0 fully saturated rings. The van der Waals surface area contributed by atoms with E-state index in [4.69, 9.17) is 15.8 Å². The fourth-order valence-electron chi connectivity index (χ4n) is 1.98. The molecule has 0 aromatic heterocycles. The van der Waals surface area contributed by atoms with Gasteiger partial charge in [0.2, 0.25) is 5.91 Å². The van der Waals surface area contributed by atoms with Crippen LogP contribution in [0.3, 0.4) is 0 Å². The Kier molecular flexibility index (Phi) is 6.89. The molecule has 0 heterocycles. The highest BCUT2D eigenvalue weighted by molar-refractivity contribution is 7.87. The van der Waals surface area contributed by atoms with Crippen molar-refractivity contribution in [2.45, 2.75) is 47.2 Å². The van der Waals surface area contributed by atoms with E-state index in [1.54, 1.807) is 17.0 Å². The third-order valence-electron chi connectivity index (χ3n) is 3.33. The molecule has 0 N–H and O–H groups in total. The third-order valence-corrected chi connectivity index (χ3v) is 4.71. The van der Waals surface area contributed by atoms with Crippen LogP contribution in [0.5, 0.6) is 5.75 Å². The Labute approximate surface area is 143 Å². The summed E-state index contributed by atoms with van der Waals surface area (Å²) in [6.45, 7) is 9.23. The number of halogens is 1. The summed E-state index contributed by atoms with van der Waals surface area (Å²) in [6.07, 6.45) is 0. The molecular formula is C16H24ClNO4S. The highest BCUT2D eigenvalue weighted by Gasteiger charge is 2.23. The molecule has 23 heavy (non-hydrogen) atoms. The molecule has 0 spiro atoms. The predicted octanol–water partition coefficient (Wildman–Crippen LogP) is 3.46. The number of carbonyl (C=O) groups is 1. The molecule has 5 nitrogen and oxygen atoms in total. The van der Waals surface area contributed by atoms with Crippen LogP contribution < -0.4 is 4.18 Å². The molecule has 0 saturated carbocycles. The molecule has 0 aliphatic carbocycles. The van der Waals surface area contributed by atoms with Gasteiger partial charge >= 0.3 is 10.1 Å². The first kappa shape index (κ1) is 19.8.